The van der Waals surface area contributed by atoms with Crippen molar-refractivity contribution in [2.75, 3.05) is 13.1 Å². The van der Waals surface area contributed by atoms with Gasteiger partial charge in [-0.3, -0.25) is 4.79 Å². The van der Waals surface area contributed by atoms with Crippen molar-refractivity contribution in [2.24, 2.45) is 5.92 Å². The van der Waals surface area contributed by atoms with Crippen molar-refractivity contribution in [1.29, 1.82) is 0 Å². The molecule has 0 radical (unpaired) electrons. The van der Waals surface area contributed by atoms with Gasteiger partial charge in [-0.05, 0) is 50.0 Å². The molecule has 4 heteroatoms. The third kappa shape index (κ3) is 3.36. The van der Waals surface area contributed by atoms with Gasteiger partial charge in [-0.1, -0.05) is 15.9 Å². The second kappa shape index (κ2) is 5.74. The first-order valence-corrected chi connectivity index (χ1v) is 6.65. The molecule has 1 saturated heterocycles. The van der Waals surface area contributed by atoms with E-state index in [4.69, 9.17) is 0 Å². The SMILES string of the molecule is O=C(CC1CCNCC1)c1cc(Br)ccc1F. The standard InChI is InChI=1S/C13H15BrFNO/c14-10-1-2-12(15)11(8-10)13(17)7-9-3-5-16-6-4-9/h1-2,8-9,16H,3-7H2. The minimum absolute atomic E-state index is 0.0873. The van der Waals surface area contributed by atoms with Crippen molar-refractivity contribution in [3.8, 4) is 0 Å². The van der Waals surface area contributed by atoms with Crippen LogP contribution in [0.15, 0.2) is 22.7 Å². The van der Waals surface area contributed by atoms with Gasteiger partial charge in [0.2, 0.25) is 0 Å². The van der Waals surface area contributed by atoms with E-state index < -0.39 is 5.82 Å². The fourth-order valence-corrected chi connectivity index (χ4v) is 2.53. The maximum absolute atomic E-state index is 13.5. The zero-order chi connectivity index (χ0) is 12.3. The Bertz CT molecular complexity index is 416. The number of hydrogen-bond donors (Lipinski definition) is 1. The van der Waals surface area contributed by atoms with Gasteiger partial charge in [0, 0.05) is 10.9 Å². The van der Waals surface area contributed by atoms with Crippen LogP contribution >= 0.6 is 15.9 Å². The van der Waals surface area contributed by atoms with Crippen LogP contribution in [-0.4, -0.2) is 18.9 Å². The molecule has 2 nitrogen and oxygen atoms in total. The van der Waals surface area contributed by atoms with Crippen molar-refractivity contribution in [1.82, 2.24) is 5.32 Å². The highest BCUT2D eigenvalue weighted by Gasteiger charge is 2.19. The van der Waals surface area contributed by atoms with Gasteiger partial charge in [-0.2, -0.15) is 0 Å². The van der Waals surface area contributed by atoms with Crippen LogP contribution in [0, 0.1) is 11.7 Å². The molecule has 0 amide bonds. The molecule has 0 atom stereocenters. The predicted molar refractivity (Wildman–Crippen MR) is 68.6 cm³/mol. The lowest BCUT2D eigenvalue weighted by Gasteiger charge is -2.21. The molecular weight excluding hydrogens is 285 g/mol. The topological polar surface area (TPSA) is 29.1 Å². The summed E-state index contributed by atoms with van der Waals surface area (Å²) < 4.78 is 14.3. The molecule has 0 unspecified atom stereocenters. The lowest BCUT2D eigenvalue weighted by Crippen LogP contribution is -2.29. The molecule has 17 heavy (non-hydrogen) atoms. The Kier molecular flexibility index (Phi) is 4.29. The van der Waals surface area contributed by atoms with E-state index in [1.54, 1.807) is 12.1 Å². The number of hydrogen-bond acceptors (Lipinski definition) is 2. The molecule has 0 aromatic heterocycles. The highest BCUT2D eigenvalue weighted by molar-refractivity contribution is 9.10. The largest absolute Gasteiger partial charge is 0.317 e. The van der Waals surface area contributed by atoms with E-state index in [1.165, 1.54) is 6.07 Å². The van der Waals surface area contributed by atoms with Gasteiger partial charge in [0.15, 0.2) is 5.78 Å². The van der Waals surface area contributed by atoms with Gasteiger partial charge < -0.3 is 5.32 Å². The van der Waals surface area contributed by atoms with Crippen LogP contribution in [0.3, 0.4) is 0 Å². The molecule has 1 aromatic rings. The van der Waals surface area contributed by atoms with Crippen molar-refractivity contribution < 1.29 is 9.18 Å². The molecule has 1 aliphatic rings. The number of carbonyl (C=O) groups is 1. The average Bonchev–Trinajstić information content (AvgIpc) is 2.33. The minimum atomic E-state index is -0.424. The Morgan fingerprint density at radius 2 is 2.12 bits per heavy atom. The average molecular weight is 300 g/mol. The zero-order valence-corrected chi connectivity index (χ0v) is 11.1. The summed E-state index contributed by atoms with van der Waals surface area (Å²) in [7, 11) is 0. The molecule has 0 bridgehead atoms. The Labute approximate surface area is 109 Å². The number of rotatable bonds is 3. The minimum Gasteiger partial charge on any atom is -0.317 e. The second-order valence-corrected chi connectivity index (χ2v) is 5.36. The number of ketones is 1. The third-order valence-corrected chi connectivity index (χ3v) is 3.65. The Morgan fingerprint density at radius 1 is 1.41 bits per heavy atom. The van der Waals surface area contributed by atoms with Crippen LogP contribution in [-0.2, 0) is 0 Å². The van der Waals surface area contributed by atoms with E-state index in [0.717, 1.165) is 30.4 Å². The monoisotopic (exact) mass is 299 g/mol. The first-order valence-electron chi connectivity index (χ1n) is 5.86. The van der Waals surface area contributed by atoms with Crippen molar-refractivity contribution in [3.05, 3.63) is 34.1 Å². The fraction of sp³-hybridized carbons (Fsp3) is 0.462. The Morgan fingerprint density at radius 3 is 2.82 bits per heavy atom. The van der Waals surface area contributed by atoms with Crippen molar-refractivity contribution in [2.45, 2.75) is 19.3 Å². The first-order chi connectivity index (χ1) is 8.16. The van der Waals surface area contributed by atoms with E-state index in [1.807, 2.05) is 0 Å². The summed E-state index contributed by atoms with van der Waals surface area (Å²) in [6.45, 7) is 1.91. The maximum Gasteiger partial charge on any atom is 0.166 e. The van der Waals surface area contributed by atoms with Gasteiger partial charge in [0.05, 0.1) is 5.56 Å². The number of piperidine rings is 1. The number of Topliss-reactive ketones (excluding diaryl/α,β-unsaturated/α-hetero) is 1. The van der Waals surface area contributed by atoms with Crippen LogP contribution in [0.5, 0.6) is 0 Å². The molecule has 1 fully saturated rings. The smallest absolute Gasteiger partial charge is 0.166 e. The van der Waals surface area contributed by atoms with Gasteiger partial charge >= 0.3 is 0 Å². The van der Waals surface area contributed by atoms with E-state index in [9.17, 15) is 9.18 Å². The van der Waals surface area contributed by atoms with Gasteiger partial charge in [0.25, 0.3) is 0 Å². The molecular formula is C13H15BrFNO. The van der Waals surface area contributed by atoms with E-state index >= 15 is 0 Å². The van der Waals surface area contributed by atoms with Crippen LogP contribution < -0.4 is 5.32 Å². The van der Waals surface area contributed by atoms with Crippen LogP contribution in [0.4, 0.5) is 4.39 Å². The maximum atomic E-state index is 13.5. The highest BCUT2D eigenvalue weighted by Crippen LogP contribution is 2.22. The molecule has 0 spiro atoms. The van der Waals surface area contributed by atoms with Crippen molar-refractivity contribution >= 4 is 21.7 Å². The third-order valence-electron chi connectivity index (χ3n) is 3.16. The lowest BCUT2D eigenvalue weighted by atomic mass is 9.90. The molecule has 1 aromatic carbocycles. The number of halogens is 2. The number of carbonyl (C=O) groups excluding carboxylic acids is 1. The highest BCUT2D eigenvalue weighted by atomic mass is 79.9. The summed E-state index contributed by atoms with van der Waals surface area (Å²) in [5.41, 5.74) is 0.206. The number of nitrogens with one attached hydrogen (secondary N) is 1. The molecule has 2 rings (SSSR count). The zero-order valence-electron chi connectivity index (χ0n) is 9.51. The van der Waals surface area contributed by atoms with Gasteiger partial charge in [-0.25, -0.2) is 4.39 Å². The van der Waals surface area contributed by atoms with E-state index in [0.29, 0.717) is 12.3 Å². The lowest BCUT2D eigenvalue weighted by molar-refractivity contribution is 0.0948. The Hall–Kier alpha value is -0.740. The van der Waals surface area contributed by atoms with Crippen LogP contribution in [0.25, 0.3) is 0 Å². The summed E-state index contributed by atoms with van der Waals surface area (Å²) in [4.78, 5) is 12.0. The van der Waals surface area contributed by atoms with Crippen molar-refractivity contribution in [3.63, 3.8) is 0 Å². The second-order valence-electron chi connectivity index (χ2n) is 4.44. The molecule has 1 aliphatic heterocycles. The fourth-order valence-electron chi connectivity index (χ4n) is 2.17. The normalized spacial score (nSPS) is 17.1. The van der Waals surface area contributed by atoms with Gasteiger partial charge in [0.1, 0.15) is 5.82 Å². The van der Waals surface area contributed by atoms with E-state index in [-0.39, 0.29) is 11.3 Å². The van der Waals surface area contributed by atoms with Crippen LogP contribution in [0.2, 0.25) is 0 Å². The molecule has 0 aliphatic carbocycles. The molecule has 0 saturated carbocycles. The molecule has 1 N–H and O–H groups in total. The quantitative estimate of drug-likeness (QED) is 0.869. The molecule has 92 valence electrons. The summed E-state index contributed by atoms with van der Waals surface area (Å²) in [5, 5.41) is 3.26. The predicted octanol–water partition coefficient (Wildman–Crippen LogP) is 3.16. The van der Waals surface area contributed by atoms with E-state index in [2.05, 4.69) is 21.2 Å². The number of benzene rings is 1. The van der Waals surface area contributed by atoms with Crippen LogP contribution in [0.1, 0.15) is 29.6 Å². The molecule has 1 heterocycles. The van der Waals surface area contributed by atoms with Gasteiger partial charge in [-0.15, -0.1) is 0 Å². The Balaban J connectivity index is 2.05. The summed E-state index contributed by atoms with van der Waals surface area (Å²) >= 11 is 3.26. The summed E-state index contributed by atoms with van der Waals surface area (Å²) in [5.74, 6) is -0.120. The first kappa shape index (κ1) is 12.7. The summed E-state index contributed by atoms with van der Waals surface area (Å²) in [6.07, 6.45) is 2.46. The summed E-state index contributed by atoms with van der Waals surface area (Å²) in [6, 6.07) is 4.51.